The molecule has 1 aliphatic carbocycles. The van der Waals surface area contributed by atoms with E-state index in [4.69, 9.17) is 0 Å². The van der Waals surface area contributed by atoms with Crippen LogP contribution in [0.15, 0.2) is 0 Å². The molecule has 2 fully saturated rings. The fraction of sp³-hybridized carbons (Fsp3) is 0.923. The molecule has 0 radical (unpaired) electrons. The van der Waals surface area contributed by atoms with Crippen molar-refractivity contribution in [3.63, 3.8) is 0 Å². The highest BCUT2D eigenvalue weighted by atomic mass is 32.2. The minimum atomic E-state index is 0.226. The van der Waals surface area contributed by atoms with Crippen LogP contribution in [0.4, 0.5) is 0 Å². The number of hydrogen-bond donors (Lipinski definition) is 2. The lowest BCUT2D eigenvalue weighted by Gasteiger charge is -2.22. The Bertz CT molecular complexity index is 254. The van der Waals surface area contributed by atoms with Gasteiger partial charge in [0.1, 0.15) is 0 Å². The number of nitrogens with one attached hydrogen (secondary N) is 2. The van der Waals surface area contributed by atoms with Crippen LogP contribution in [-0.4, -0.2) is 36.5 Å². The summed E-state index contributed by atoms with van der Waals surface area (Å²) in [6, 6.07) is 0.385. The molecule has 0 aromatic carbocycles. The summed E-state index contributed by atoms with van der Waals surface area (Å²) < 4.78 is 0. The molecule has 0 aromatic rings. The number of thioether (sulfide) groups is 1. The Kier molecular flexibility index (Phi) is 5.16. The second-order valence-corrected chi connectivity index (χ2v) is 6.67. The van der Waals surface area contributed by atoms with Gasteiger partial charge in [-0.05, 0) is 24.7 Å². The molecule has 3 atom stereocenters. The second kappa shape index (κ2) is 6.64. The Hall–Kier alpha value is -0.220. The quantitative estimate of drug-likeness (QED) is 0.803. The lowest BCUT2D eigenvalue weighted by molar-refractivity contribution is -0.121. The number of hydrogen-bond acceptors (Lipinski definition) is 3. The number of carbonyl (C=O) groups is 1. The van der Waals surface area contributed by atoms with Gasteiger partial charge in [0, 0.05) is 37.1 Å². The molecule has 0 spiro atoms. The van der Waals surface area contributed by atoms with E-state index in [-0.39, 0.29) is 5.91 Å². The minimum Gasteiger partial charge on any atom is -0.356 e. The van der Waals surface area contributed by atoms with Gasteiger partial charge < -0.3 is 10.6 Å². The first-order chi connectivity index (χ1) is 8.24. The average molecular weight is 256 g/mol. The lowest BCUT2D eigenvalue weighted by Crippen LogP contribution is -2.42. The van der Waals surface area contributed by atoms with Gasteiger partial charge in [0.05, 0.1) is 0 Å². The normalized spacial score (nSPS) is 33.6. The van der Waals surface area contributed by atoms with Gasteiger partial charge in [-0.15, -0.1) is 0 Å². The third-order valence-corrected chi connectivity index (χ3v) is 4.95. The van der Waals surface area contributed by atoms with Crippen LogP contribution < -0.4 is 10.6 Å². The Morgan fingerprint density at radius 3 is 3.00 bits per heavy atom. The van der Waals surface area contributed by atoms with E-state index < -0.39 is 0 Å². The summed E-state index contributed by atoms with van der Waals surface area (Å²) in [5, 5.41) is 6.51. The maximum absolute atomic E-state index is 11.8. The van der Waals surface area contributed by atoms with Crippen molar-refractivity contribution < 1.29 is 4.79 Å². The summed E-state index contributed by atoms with van der Waals surface area (Å²) in [5.74, 6) is 4.06. The fourth-order valence-electron chi connectivity index (χ4n) is 2.82. The van der Waals surface area contributed by atoms with Crippen molar-refractivity contribution in [1.29, 1.82) is 0 Å². The highest BCUT2D eigenvalue weighted by molar-refractivity contribution is 7.99. The van der Waals surface area contributed by atoms with Crippen LogP contribution in [0.5, 0.6) is 0 Å². The van der Waals surface area contributed by atoms with Crippen LogP contribution in [0.2, 0.25) is 0 Å². The van der Waals surface area contributed by atoms with Crippen molar-refractivity contribution in [3.8, 4) is 0 Å². The third kappa shape index (κ3) is 4.51. The molecule has 4 heteroatoms. The molecule has 1 amide bonds. The molecule has 2 rings (SSSR count). The molecule has 0 aromatic heterocycles. The molecule has 2 N–H and O–H groups in total. The first kappa shape index (κ1) is 13.2. The van der Waals surface area contributed by atoms with E-state index in [9.17, 15) is 4.79 Å². The van der Waals surface area contributed by atoms with Crippen LogP contribution in [0, 0.1) is 11.8 Å². The monoisotopic (exact) mass is 256 g/mol. The van der Waals surface area contributed by atoms with Gasteiger partial charge in [0.15, 0.2) is 0 Å². The summed E-state index contributed by atoms with van der Waals surface area (Å²) >= 11 is 1.95. The highest BCUT2D eigenvalue weighted by Crippen LogP contribution is 2.29. The van der Waals surface area contributed by atoms with E-state index in [1.54, 1.807) is 0 Å². The van der Waals surface area contributed by atoms with Crippen molar-refractivity contribution in [2.45, 2.75) is 38.6 Å². The van der Waals surface area contributed by atoms with Crippen molar-refractivity contribution >= 4 is 17.7 Å². The summed E-state index contributed by atoms with van der Waals surface area (Å²) in [6.45, 7) is 4.25. The Labute approximate surface area is 108 Å². The first-order valence-electron chi connectivity index (χ1n) is 6.82. The zero-order chi connectivity index (χ0) is 12.1. The molecule has 1 saturated carbocycles. The molecular formula is C13H24N2OS. The van der Waals surface area contributed by atoms with E-state index in [2.05, 4.69) is 17.6 Å². The van der Waals surface area contributed by atoms with E-state index in [1.165, 1.54) is 25.0 Å². The molecule has 3 unspecified atom stereocenters. The maximum Gasteiger partial charge on any atom is 0.221 e. The zero-order valence-corrected chi connectivity index (χ0v) is 11.5. The average Bonchev–Trinajstić information content (AvgIpc) is 2.74. The molecule has 0 bridgehead atoms. The summed E-state index contributed by atoms with van der Waals surface area (Å²) in [5.41, 5.74) is 0. The largest absolute Gasteiger partial charge is 0.356 e. The summed E-state index contributed by atoms with van der Waals surface area (Å²) in [7, 11) is 0. The SMILES string of the molecule is CC1CCC(CNC(=O)CC2CSCCN2)C1. The van der Waals surface area contributed by atoms with Gasteiger partial charge >= 0.3 is 0 Å². The molecular weight excluding hydrogens is 232 g/mol. The molecule has 17 heavy (non-hydrogen) atoms. The number of rotatable bonds is 4. The van der Waals surface area contributed by atoms with Gasteiger partial charge in [-0.1, -0.05) is 13.3 Å². The number of amides is 1. The van der Waals surface area contributed by atoms with Gasteiger partial charge in [-0.3, -0.25) is 4.79 Å². The molecule has 1 aliphatic heterocycles. The Morgan fingerprint density at radius 2 is 2.35 bits per heavy atom. The van der Waals surface area contributed by atoms with Gasteiger partial charge in [0.25, 0.3) is 0 Å². The smallest absolute Gasteiger partial charge is 0.221 e. The molecule has 1 heterocycles. The Balaban J connectivity index is 1.60. The minimum absolute atomic E-state index is 0.226. The van der Waals surface area contributed by atoms with Crippen LogP contribution in [0.3, 0.4) is 0 Å². The van der Waals surface area contributed by atoms with Crippen LogP contribution in [-0.2, 0) is 4.79 Å². The van der Waals surface area contributed by atoms with Crippen LogP contribution in [0.25, 0.3) is 0 Å². The highest BCUT2D eigenvalue weighted by Gasteiger charge is 2.22. The topological polar surface area (TPSA) is 41.1 Å². The molecule has 2 aliphatic rings. The fourth-order valence-corrected chi connectivity index (χ4v) is 3.76. The van der Waals surface area contributed by atoms with E-state index >= 15 is 0 Å². The Morgan fingerprint density at radius 1 is 1.47 bits per heavy atom. The maximum atomic E-state index is 11.8. The zero-order valence-electron chi connectivity index (χ0n) is 10.7. The summed E-state index contributed by atoms with van der Waals surface area (Å²) in [4.78, 5) is 11.8. The van der Waals surface area contributed by atoms with E-state index in [0.717, 1.165) is 30.7 Å². The van der Waals surface area contributed by atoms with E-state index in [1.807, 2.05) is 11.8 Å². The van der Waals surface area contributed by atoms with Crippen LogP contribution >= 0.6 is 11.8 Å². The van der Waals surface area contributed by atoms with Gasteiger partial charge in [-0.25, -0.2) is 0 Å². The van der Waals surface area contributed by atoms with Crippen molar-refractivity contribution in [3.05, 3.63) is 0 Å². The van der Waals surface area contributed by atoms with Crippen molar-refractivity contribution in [2.24, 2.45) is 11.8 Å². The number of carbonyl (C=O) groups excluding carboxylic acids is 1. The lowest BCUT2D eigenvalue weighted by atomic mass is 10.1. The van der Waals surface area contributed by atoms with Crippen molar-refractivity contribution in [1.82, 2.24) is 10.6 Å². The standard InChI is InChI=1S/C13H24N2OS/c1-10-2-3-11(6-10)8-15-13(16)7-12-9-17-5-4-14-12/h10-12,14H,2-9H2,1H3,(H,15,16). The molecule has 98 valence electrons. The van der Waals surface area contributed by atoms with E-state index in [0.29, 0.717) is 12.5 Å². The predicted octanol–water partition coefficient (Wildman–Crippen LogP) is 1.63. The summed E-state index contributed by atoms with van der Waals surface area (Å²) in [6.07, 6.45) is 4.56. The third-order valence-electron chi connectivity index (χ3n) is 3.82. The molecule has 1 saturated heterocycles. The predicted molar refractivity (Wildman–Crippen MR) is 73.2 cm³/mol. The van der Waals surface area contributed by atoms with Gasteiger partial charge in [-0.2, -0.15) is 11.8 Å². The second-order valence-electron chi connectivity index (χ2n) is 5.52. The molecule has 3 nitrogen and oxygen atoms in total. The van der Waals surface area contributed by atoms with Gasteiger partial charge in [0.2, 0.25) is 5.91 Å². The van der Waals surface area contributed by atoms with Crippen LogP contribution in [0.1, 0.15) is 32.6 Å². The van der Waals surface area contributed by atoms with Crippen molar-refractivity contribution in [2.75, 3.05) is 24.6 Å². The first-order valence-corrected chi connectivity index (χ1v) is 7.97.